The summed E-state index contributed by atoms with van der Waals surface area (Å²) in [6.07, 6.45) is 5.52. The highest BCUT2D eigenvalue weighted by atomic mass is 35.5. The maximum Gasteiger partial charge on any atom is 0.211 e. The van der Waals surface area contributed by atoms with Crippen molar-refractivity contribution in [2.24, 2.45) is 10.7 Å². The van der Waals surface area contributed by atoms with E-state index in [0.717, 1.165) is 32.4 Å². The van der Waals surface area contributed by atoms with E-state index in [9.17, 15) is 0 Å². The molecule has 6 nitrogen and oxygen atoms in total. The predicted molar refractivity (Wildman–Crippen MR) is 118 cm³/mol. The van der Waals surface area contributed by atoms with Gasteiger partial charge < -0.3 is 5.73 Å². The summed E-state index contributed by atoms with van der Waals surface area (Å²) in [7, 11) is 0. The molecule has 0 amide bonds. The first-order valence-electron chi connectivity index (χ1n) is 10.8. The Kier molecular flexibility index (Phi) is 5.64. The fourth-order valence-electron chi connectivity index (χ4n) is 6.50. The molecule has 3 aliphatic heterocycles. The normalized spacial score (nSPS) is 31.6. The summed E-state index contributed by atoms with van der Waals surface area (Å²) in [4.78, 5) is 4.74. The first-order valence-corrected chi connectivity index (χ1v) is 11.1. The van der Waals surface area contributed by atoms with Gasteiger partial charge in [0.25, 0.3) is 0 Å². The molecule has 0 radical (unpaired) electrons. The Hall–Kier alpha value is -0.400. The van der Waals surface area contributed by atoms with Crippen molar-refractivity contribution >= 4 is 16.9 Å². The van der Waals surface area contributed by atoms with Crippen LogP contribution in [0.5, 0.6) is 0 Å². The van der Waals surface area contributed by atoms with Gasteiger partial charge in [0.15, 0.2) is 0 Å². The van der Waals surface area contributed by atoms with Crippen molar-refractivity contribution in [3.8, 4) is 0 Å². The fourth-order valence-corrected chi connectivity index (χ4v) is 6.69. The van der Waals surface area contributed by atoms with Crippen molar-refractivity contribution in [1.82, 2.24) is 20.0 Å². The minimum Gasteiger partial charge on any atom is -0.328 e. The second-order valence-electron chi connectivity index (χ2n) is 11.5. The second-order valence-corrected chi connectivity index (χ2v) is 11.8. The van der Waals surface area contributed by atoms with Crippen LogP contribution in [0.3, 0.4) is 0 Å². The van der Waals surface area contributed by atoms with Crippen LogP contribution >= 0.6 is 11.6 Å². The molecule has 0 spiro atoms. The summed E-state index contributed by atoms with van der Waals surface area (Å²) < 4.78 is 0. The lowest BCUT2D eigenvalue weighted by atomic mass is 9.79. The van der Waals surface area contributed by atoms with E-state index < -0.39 is 0 Å². The van der Waals surface area contributed by atoms with Crippen molar-refractivity contribution in [1.29, 1.82) is 0 Å². The van der Waals surface area contributed by atoms with Crippen molar-refractivity contribution < 1.29 is 0 Å². The van der Waals surface area contributed by atoms with E-state index in [0.29, 0.717) is 12.0 Å². The Balaban J connectivity index is 1.93. The molecule has 2 N–H and O–H groups in total. The SMILES string of the molecule is CC1(C)CC(N)CC(C)(C)N1N1CN=C(Cl)N(N2C(C)(C)CCCC2(C)C)C1. The van der Waals surface area contributed by atoms with Crippen LogP contribution in [0.4, 0.5) is 0 Å². The van der Waals surface area contributed by atoms with Gasteiger partial charge in [0.2, 0.25) is 5.29 Å². The van der Waals surface area contributed by atoms with E-state index >= 15 is 0 Å². The van der Waals surface area contributed by atoms with Gasteiger partial charge in [0.1, 0.15) is 13.3 Å². The minimum absolute atomic E-state index is 0.0287. The molecule has 0 atom stereocenters. The average Bonchev–Trinajstić information content (AvgIpc) is 2.45. The third kappa shape index (κ3) is 3.95. The Morgan fingerprint density at radius 1 is 0.857 bits per heavy atom. The number of nitrogens with zero attached hydrogens (tertiary/aromatic N) is 5. The molecule has 7 heteroatoms. The number of amidine groups is 1. The quantitative estimate of drug-likeness (QED) is 0.695. The zero-order valence-corrected chi connectivity index (χ0v) is 20.0. The van der Waals surface area contributed by atoms with Gasteiger partial charge in [0, 0.05) is 28.2 Å². The highest BCUT2D eigenvalue weighted by Crippen LogP contribution is 2.43. The summed E-state index contributed by atoms with van der Waals surface area (Å²) in [6, 6.07) is 0.231. The molecule has 162 valence electrons. The smallest absolute Gasteiger partial charge is 0.211 e. The number of rotatable bonds is 2. The van der Waals surface area contributed by atoms with Gasteiger partial charge >= 0.3 is 0 Å². The molecule has 0 aromatic carbocycles. The molecule has 0 unspecified atom stereocenters. The van der Waals surface area contributed by atoms with Gasteiger partial charge in [-0.05, 0) is 99.1 Å². The Bertz CT molecular complexity index is 592. The molecule has 3 aliphatic rings. The van der Waals surface area contributed by atoms with Crippen LogP contribution in [-0.4, -0.2) is 66.9 Å². The van der Waals surface area contributed by atoms with E-state index in [1.54, 1.807) is 0 Å². The maximum absolute atomic E-state index is 6.71. The predicted octanol–water partition coefficient (Wildman–Crippen LogP) is 3.97. The summed E-state index contributed by atoms with van der Waals surface area (Å²) in [5.41, 5.74) is 6.42. The molecule has 2 fully saturated rings. The molecule has 0 aliphatic carbocycles. The van der Waals surface area contributed by atoms with Gasteiger partial charge in [-0.25, -0.2) is 15.0 Å². The van der Waals surface area contributed by atoms with E-state index in [1.165, 1.54) is 6.42 Å². The van der Waals surface area contributed by atoms with Crippen molar-refractivity contribution in [2.75, 3.05) is 13.3 Å². The molecule has 3 heterocycles. The number of halogens is 1. The Morgan fingerprint density at radius 2 is 1.36 bits per heavy atom. The summed E-state index contributed by atoms with van der Waals surface area (Å²) >= 11 is 6.71. The van der Waals surface area contributed by atoms with Crippen LogP contribution in [0.25, 0.3) is 0 Å². The van der Waals surface area contributed by atoms with Crippen LogP contribution in [0.15, 0.2) is 4.99 Å². The molecule has 3 rings (SSSR count). The lowest BCUT2D eigenvalue weighted by Gasteiger charge is -2.62. The standard InChI is InChI=1S/C21H41ClN6/c1-18(2)10-9-11-19(3,4)28(18)26-15-25(14-24-17(26)22)27-20(5,6)12-16(23)13-21(27,7)8/h16H,9-15,23H2,1-8H3. The first-order chi connectivity index (χ1) is 12.7. The van der Waals surface area contributed by atoms with Crippen molar-refractivity contribution in [3.05, 3.63) is 0 Å². The summed E-state index contributed by atoms with van der Waals surface area (Å²) in [5.74, 6) is 0. The Morgan fingerprint density at radius 3 is 1.86 bits per heavy atom. The highest BCUT2D eigenvalue weighted by Gasteiger charge is 2.51. The maximum atomic E-state index is 6.71. The van der Waals surface area contributed by atoms with E-state index in [2.05, 4.69) is 75.4 Å². The topological polar surface area (TPSA) is 51.3 Å². The molecule has 0 saturated carbocycles. The molecule has 0 bridgehead atoms. The number of piperidine rings is 2. The third-order valence-corrected chi connectivity index (χ3v) is 7.11. The van der Waals surface area contributed by atoms with E-state index in [-0.39, 0.29) is 28.2 Å². The monoisotopic (exact) mass is 412 g/mol. The van der Waals surface area contributed by atoms with E-state index in [4.69, 9.17) is 22.3 Å². The number of hydrogen-bond acceptors (Lipinski definition) is 6. The molecule has 2 saturated heterocycles. The van der Waals surface area contributed by atoms with Crippen LogP contribution in [-0.2, 0) is 0 Å². The number of hydrogen-bond donors (Lipinski definition) is 1. The van der Waals surface area contributed by atoms with Crippen LogP contribution in [0, 0.1) is 0 Å². The fraction of sp³-hybridized carbons (Fsp3) is 0.952. The Labute approximate surface area is 177 Å². The molecular weight excluding hydrogens is 372 g/mol. The number of nitrogens with two attached hydrogens (primary N) is 1. The van der Waals surface area contributed by atoms with Gasteiger partial charge in [-0.3, -0.25) is 5.01 Å². The number of aliphatic imine (C=N–C) groups is 1. The zero-order chi connectivity index (χ0) is 21.1. The first kappa shape index (κ1) is 22.3. The van der Waals surface area contributed by atoms with Crippen LogP contribution < -0.4 is 5.73 Å². The van der Waals surface area contributed by atoms with Gasteiger partial charge in [0.05, 0.1) is 0 Å². The summed E-state index contributed by atoms with van der Waals surface area (Å²) in [6.45, 7) is 19.8. The zero-order valence-electron chi connectivity index (χ0n) is 19.2. The van der Waals surface area contributed by atoms with Gasteiger partial charge in [-0.2, -0.15) is 5.01 Å². The average molecular weight is 413 g/mol. The third-order valence-electron chi connectivity index (χ3n) is 6.79. The second kappa shape index (κ2) is 7.09. The van der Waals surface area contributed by atoms with Crippen molar-refractivity contribution in [2.45, 2.75) is 116 Å². The van der Waals surface area contributed by atoms with Crippen molar-refractivity contribution in [3.63, 3.8) is 0 Å². The van der Waals surface area contributed by atoms with Crippen LogP contribution in [0.2, 0.25) is 0 Å². The lowest BCUT2D eigenvalue weighted by molar-refractivity contribution is -0.237. The van der Waals surface area contributed by atoms with E-state index in [1.807, 2.05) is 0 Å². The molecule has 28 heavy (non-hydrogen) atoms. The molecule has 0 aromatic heterocycles. The highest BCUT2D eigenvalue weighted by molar-refractivity contribution is 6.64. The molecular formula is C21H41ClN6. The summed E-state index contributed by atoms with van der Waals surface area (Å²) in [5, 5.41) is 10.2. The lowest BCUT2D eigenvalue weighted by Crippen LogP contribution is -2.73. The largest absolute Gasteiger partial charge is 0.328 e. The number of hydrazine groups is 2. The van der Waals surface area contributed by atoms with Gasteiger partial charge in [-0.15, -0.1) is 0 Å². The van der Waals surface area contributed by atoms with Crippen LogP contribution in [0.1, 0.15) is 87.5 Å². The minimum atomic E-state index is -0.0287. The van der Waals surface area contributed by atoms with Gasteiger partial charge in [-0.1, -0.05) is 0 Å². The molecule has 0 aromatic rings.